The van der Waals surface area contributed by atoms with Crippen LogP contribution in [0.5, 0.6) is 0 Å². The Balaban J connectivity index is -0.0000000267. The maximum absolute atomic E-state index is 8.88. The third kappa shape index (κ3) is 89.6. The summed E-state index contributed by atoms with van der Waals surface area (Å²) in [5.74, 6) is 0. The SMILES string of the molecule is O=P(O)(O)O.[Cr].[Mn].[NaH]. The van der Waals surface area contributed by atoms with Gasteiger partial charge in [0.1, 0.15) is 0 Å². The molecule has 0 amide bonds. The van der Waals surface area contributed by atoms with Crippen molar-refractivity contribution in [3.05, 3.63) is 0 Å². The van der Waals surface area contributed by atoms with Crippen LogP contribution in [0.4, 0.5) is 0 Å². The Morgan fingerprint density at radius 3 is 1.12 bits per heavy atom. The molecule has 3 N–H and O–H groups in total. The van der Waals surface area contributed by atoms with Crippen LogP contribution in [0.15, 0.2) is 0 Å². The van der Waals surface area contributed by atoms with Crippen LogP contribution in [0.25, 0.3) is 0 Å². The zero-order valence-corrected chi connectivity index (χ0v) is 6.33. The molecule has 0 bridgehead atoms. The summed E-state index contributed by atoms with van der Waals surface area (Å²) in [6.45, 7) is 0. The van der Waals surface area contributed by atoms with E-state index in [1.165, 1.54) is 0 Å². The Morgan fingerprint density at radius 2 is 1.12 bits per heavy atom. The van der Waals surface area contributed by atoms with Gasteiger partial charge in [0, 0.05) is 34.4 Å². The molecule has 0 aromatic carbocycles. The average Bonchev–Trinajstić information content (AvgIpc) is 0.722. The van der Waals surface area contributed by atoms with Crippen molar-refractivity contribution >= 4 is 37.4 Å². The molecule has 1 radical (unpaired) electrons. The first-order chi connectivity index (χ1) is 2.00. The number of hydrogen-bond acceptors (Lipinski definition) is 1. The maximum atomic E-state index is 8.88. The minimum atomic E-state index is -4.64. The van der Waals surface area contributed by atoms with Crippen LogP contribution in [-0.2, 0) is 39.0 Å². The predicted octanol–water partition coefficient (Wildman–Crippen LogP) is -1.58. The molecular weight excluding hydrogens is 225 g/mol. The Morgan fingerprint density at radius 1 is 1.12 bits per heavy atom. The van der Waals surface area contributed by atoms with E-state index < -0.39 is 7.82 Å². The van der Waals surface area contributed by atoms with Crippen molar-refractivity contribution in [1.82, 2.24) is 0 Å². The average molecular weight is 229 g/mol. The summed E-state index contributed by atoms with van der Waals surface area (Å²) in [5.41, 5.74) is 0. The number of phosphoric acid groups is 1. The van der Waals surface area contributed by atoms with Crippen LogP contribution < -0.4 is 0 Å². The second-order valence-corrected chi connectivity index (χ2v) is 1.54. The van der Waals surface area contributed by atoms with E-state index in [0.717, 1.165) is 0 Å². The van der Waals surface area contributed by atoms with Crippen molar-refractivity contribution in [2.75, 3.05) is 0 Å². The molecule has 0 saturated carbocycles. The summed E-state index contributed by atoms with van der Waals surface area (Å²) in [5, 5.41) is 0. The van der Waals surface area contributed by atoms with E-state index in [1.807, 2.05) is 0 Å². The molecule has 0 heterocycles. The normalized spacial score (nSPS) is 7.38. The van der Waals surface area contributed by atoms with E-state index in [-0.39, 0.29) is 64.0 Å². The Kier molecular flexibility index (Phi) is 25.7. The third-order valence-corrected chi connectivity index (χ3v) is 0. The van der Waals surface area contributed by atoms with Crippen molar-refractivity contribution in [2.45, 2.75) is 0 Å². The van der Waals surface area contributed by atoms with E-state index in [9.17, 15) is 0 Å². The molecule has 8 heavy (non-hydrogen) atoms. The van der Waals surface area contributed by atoms with Gasteiger partial charge < -0.3 is 14.7 Å². The topological polar surface area (TPSA) is 77.8 Å². The van der Waals surface area contributed by atoms with Gasteiger partial charge in [-0.15, -0.1) is 0 Å². The number of rotatable bonds is 0. The summed E-state index contributed by atoms with van der Waals surface area (Å²) >= 11 is 0. The van der Waals surface area contributed by atoms with Crippen LogP contribution in [0.3, 0.4) is 0 Å². The molecule has 0 unspecified atom stereocenters. The summed E-state index contributed by atoms with van der Waals surface area (Å²) in [7, 11) is -4.64. The van der Waals surface area contributed by atoms with Crippen LogP contribution >= 0.6 is 7.82 Å². The number of hydrogen-bond donors (Lipinski definition) is 3. The van der Waals surface area contributed by atoms with E-state index in [2.05, 4.69) is 0 Å². The third-order valence-electron chi connectivity index (χ3n) is 0. The first-order valence-corrected chi connectivity index (χ1v) is 2.35. The zero-order valence-electron chi connectivity index (χ0n) is 2.98. The second kappa shape index (κ2) is 9.16. The Labute approximate surface area is 90.2 Å². The van der Waals surface area contributed by atoms with Crippen LogP contribution in [0, 0.1) is 0 Å². The second-order valence-electron chi connectivity index (χ2n) is 0.513. The van der Waals surface area contributed by atoms with Gasteiger partial charge in [-0.25, -0.2) is 4.57 Å². The van der Waals surface area contributed by atoms with Crippen LogP contribution in [-0.4, -0.2) is 44.2 Å². The molecule has 0 aromatic heterocycles. The molecule has 4 nitrogen and oxygen atoms in total. The first-order valence-electron chi connectivity index (χ1n) is 0.783. The van der Waals surface area contributed by atoms with E-state index >= 15 is 0 Å². The first kappa shape index (κ1) is 22.5. The van der Waals surface area contributed by atoms with E-state index in [4.69, 9.17) is 19.2 Å². The summed E-state index contributed by atoms with van der Waals surface area (Å²) in [4.78, 5) is 21.6. The van der Waals surface area contributed by atoms with Crippen molar-refractivity contribution in [3.63, 3.8) is 0 Å². The van der Waals surface area contributed by atoms with Gasteiger partial charge in [-0.2, -0.15) is 0 Å². The van der Waals surface area contributed by atoms with Crippen molar-refractivity contribution < 1.29 is 53.7 Å². The molecule has 0 rings (SSSR count). The minimum absolute atomic E-state index is 0. The molecule has 0 aliphatic rings. The molecule has 0 fully saturated rings. The Bertz CT molecular complexity index is 62.2. The van der Waals surface area contributed by atoms with Gasteiger partial charge in [-0.3, -0.25) is 0 Å². The van der Waals surface area contributed by atoms with Crippen molar-refractivity contribution in [3.8, 4) is 0 Å². The predicted molar refractivity (Wildman–Crippen MR) is 21.4 cm³/mol. The van der Waals surface area contributed by atoms with E-state index in [0.29, 0.717) is 0 Å². The quantitative estimate of drug-likeness (QED) is 0.346. The Hall–Kier alpha value is 2.16. The molecular formula is H4CrMnNaO4P. The molecule has 0 saturated heterocycles. The zero-order chi connectivity index (χ0) is 4.50. The fraction of sp³-hybridized carbons (Fsp3) is 0. The molecule has 0 spiro atoms. The fourth-order valence-corrected chi connectivity index (χ4v) is 0. The van der Waals surface area contributed by atoms with Crippen molar-refractivity contribution in [1.29, 1.82) is 0 Å². The standard InChI is InChI=1S/Cr.Mn.Na.H3O4P.H/c;;;1-5(2,3)4;/h;;;(H3,1,2,3,4);. The fourth-order valence-electron chi connectivity index (χ4n) is 0. The van der Waals surface area contributed by atoms with Gasteiger partial charge in [-0.1, -0.05) is 0 Å². The molecule has 0 aliphatic carbocycles. The summed E-state index contributed by atoms with van der Waals surface area (Å²) in [6.07, 6.45) is 0. The molecule has 0 aliphatic heterocycles. The van der Waals surface area contributed by atoms with Crippen molar-refractivity contribution in [2.24, 2.45) is 0 Å². The molecule has 0 atom stereocenters. The van der Waals surface area contributed by atoms with Crippen LogP contribution in [0.2, 0.25) is 0 Å². The van der Waals surface area contributed by atoms with Gasteiger partial charge in [0.15, 0.2) is 0 Å². The van der Waals surface area contributed by atoms with Gasteiger partial charge in [0.05, 0.1) is 0 Å². The van der Waals surface area contributed by atoms with Gasteiger partial charge >= 0.3 is 37.4 Å². The van der Waals surface area contributed by atoms with Gasteiger partial charge in [0.25, 0.3) is 0 Å². The molecule has 47 valence electrons. The van der Waals surface area contributed by atoms with Gasteiger partial charge in [0.2, 0.25) is 0 Å². The van der Waals surface area contributed by atoms with E-state index in [1.54, 1.807) is 0 Å². The molecule has 0 aromatic rings. The monoisotopic (exact) mass is 229 g/mol. The van der Waals surface area contributed by atoms with Crippen LogP contribution in [0.1, 0.15) is 0 Å². The van der Waals surface area contributed by atoms with Gasteiger partial charge in [-0.05, 0) is 0 Å². The summed E-state index contributed by atoms with van der Waals surface area (Å²) in [6, 6.07) is 0. The summed E-state index contributed by atoms with van der Waals surface area (Å²) < 4.78 is 8.88. The molecule has 8 heteroatoms.